The van der Waals surface area contributed by atoms with Gasteiger partial charge in [0.25, 0.3) is 0 Å². The molecular formula is C16H29FN4. The Morgan fingerprint density at radius 3 is 2.48 bits per heavy atom. The zero-order chi connectivity index (χ0) is 15.8. The van der Waals surface area contributed by atoms with Gasteiger partial charge in [0.05, 0.1) is 17.9 Å². The molecule has 0 aliphatic heterocycles. The molecule has 4 nitrogen and oxygen atoms in total. The summed E-state index contributed by atoms with van der Waals surface area (Å²) in [4.78, 5) is 8.75. The average molecular weight is 296 g/mol. The predicted octanol–water partition coefficient (Wildman–Crippen LogP) is 2.00. The molecule has 21 heavy (non-hydrogen) atoms. The molecule has 0 fully saturated rings. The highest BCUT2D eigenvalue weighted by Crippen LogP contribution is 2.21. The van der Waals surface area contributed by atoms with Gasteiger partial charge in [-0.3, -0.25) is 4.98 Å². The second kappa shape index (κ2) is 9.07. The van der Waals surface area contributed by atoms with Gasteiger partial charge in [0, 0.05) is 19.6 Å². The summed E-state index contributed by atoms with van der Waals surface area (Å²) in [5, 5.41) is 3.47. The first-order valence-electron chi connectivity index (χ1n) is 7.62. The van der Waals surface area contributed by atoms with Gasteiger partial charge in [-0.15, -0.1) is 0 Å². The van der Waals surface area contributed by atoms with Gasteiger partial charge < -0.3 is 15.1 Å². The fraction of sp³-hybridized carbons (Fsp3) is 0.688. The van der Waals surface area contributed by atoms with Crippen LogP contribution in [0.15, 0.2) is 18.3 Å². The van der Waals surface area contributed by atoms with Crippen molar-refractivity contribution in [2.45, 2.75) is 19.9 Å². The third-order valence-electron chi connectivity index (χ3n) is 3.59. The summed E-state index contributed by atoms with van der Waals surface area (Å²) in [6.07, 6.45) is 1.29. The number of halogens is 1. The quantitative estimate of drug-likeness (QED) is 0.755. The summed E-state index contributed by atoms with van der Waals surface area (Å²) in [6, 6.07) is 3.41. The number of hydrogen-bond donors (Lipinski definition) is 1. The largest absolute Gasteiger partial charge is 0.309 e. The van der Waals surface area contributed by atoms with Crippen LogP contribution in [0.25, 0.3) is 0 Å². The summed E-state index contributed by atoms with van der Waals surface area (Å²) in [5.74, 6) is 0.111. The Morgan fingerprint density at radius 1 is 1.24 bits per heavy atom. The molecule has 1 aromatic heterocycles. The van der Waals surface area contributed by atoms with Gasteiger partial charge in [-0.25, -0.2) is 4.39 Å². The number of nitrogens with zero attached hydrogens (tertiary/aromatic N) is 3. The molecular weight excluding hydrogens is 267 g/mol. The topological polar surface area (TPSA) is 31.4 Å². The molecule has 0 saturated heterocycles. The molecule has 2 atom stereocenters. The van der Waals surface area contributed by atoms with Crippen molar-refractivity contribution in [1.82, 2.24) is 20.1 Å². The molecule has 0 spiro atoms. The number of rotatable bonds is 9. The average Bonchev–Trinajstić information content (AvgIpc) is 2.43. The van der Waals surface area contributed by atoms with E-state index in [2.05, 4.69) is 55.1 Å². The first kappa shape index (κ1) is 18.0. The fourth-order valence-electron chi connectivity index (χ4n) is 2.45. The molecule has 0 saturated carbocycles. The van der Waals surface area contributed by atoms with Crippen molar-refractivity contribution in [3.63, 3.8) is 0 Å². The molecule has 0 bridgehead atoms. The molecule has 1 aromatic rings. The Morgan fingerprint density at radius 2 is 1.95 bits per heavy atom. The maximum atomic E-state index is 13.0. The van der Waals surface area contributed by atoms with Crippen LogP contribution in [0.4, 0.5) is 4.39 Å². The van der Waals surface area contributed by atoms with Crippen molar-refractivity contribution in [3.8, 4) is 0 Å². The number of hydrogen-bond acceptors (Lipinski definition) is 4. The minimum absolute atomic E-state index is 0.150. The standard InChI is InChI=1S/C16H29FN4/c1-6-18-16(15-8-7-14(17)11-19-15)13(2)12-21(5)10-9-20(3)4/h7-8,11,13,16,18H,6,9-10,12H2,1-5H3. The molecule has 0 aliphatic carbocycles. The lowest BCUT2D eigenvalue weighted by molar-refractivity contribution is 0.225. The molecule has 1 rings (SSSR count). The molecule has 0 amide bonds. The van der Waals surface area contributed by atoms with Gasteiger partial charge in [-0.1, -0.05) is 13.8 Å². The molecule has 0 aromatic carbocycles. The van der Waals surface area contributed by atoms with E-state index in [9.17, 15) is 4.39 Å². The van der Waals surface area contributed by atoms with Crippen molar-refractivity contribution < 1.29 is 4.39 Å². The normalized spacial score (nSPS) is 14.7. The van der Waals surface area contributed by atoms with Gasteiger partial charge in [0.2, 0.25) is 0 Å². The molecule has 2 unspecified atom stereocenters. The zero-order valence-electron chi connectivity index (χ0n) is 13.9. The Kier molecular flexibility index (Phi) is 7.78. The van der Waals surface area contributed by atoms with Crippen molar-refractivity contribution in [2.75, 3.05) is 47.3 Å². The van der Waals surface area contributed by atoms with Gasteiger partial charge in [-0.05, 0) is 45.7 Å². The van der Waals surface area contributed by atoms with Crippen molar-refractivity contribution in [2.24, 2.45) is 5.92 Å². The maximum absolute atomic E-state index is 13.0. The zero-order valence-corrected chi connectivity index (χ0v) is 13.9. The van der Waals surface area contributed by atoms with Crippen LogP contribution >= 0.6 is 0 Å². The minimum Gasteiger partial charge on any atom is -0.309 e. The van der Waals surface area contributed by atoms with Crippen LogP contribution in [0, 0.1) is 11.7 Å². The molecule has 0 radical (unpaired) electrons. The Labute approximate surface area is 128 Å². The lowest BCUT2D eigenvalue weighted by atomic mass is 9.97. The number of aromatic nitrogens is 1. The van der Waals surface area contributed by atoms with Crippen LogP contribution in [0.3, 0.4) is 0 Å². The van der Waals surface area contributed by atoms with E-state index < -0.39 is 0 Å². The molecule has 0 aliphatic rings. The summed E-state index contributed by atoms with van der Waals surface area (Å²) in [6.45, 7) is 8.22. The van der Waals surface area contributed by atoms with E-state index in [1.807, 2.05) is 0 Å². The Bertz CT molecular complexity index is 394. The lowest BCUT2D eigenvalue weighted by Gasteiger charge is -2.29. The van der Waals surface area contributed by atoms with Crippen LogP contribution < -0.4 is 5.32 Å². The third kappa shape index (κ3) is 6.50. The van der Waals surface area contributed by atoms with Crippen LogP contribution in [0.1, 0.15) is 25.6 Å². The van der Waals surface area contributed by atoms with E-state index in [-0.39, 0.29) is 11.9 Å². The van der Waals surface area contributed by atoms with E-state index in [1.165, 1.54) is 12.3 Å². The second-order valence-electron chi connectivity index (χ2n) is 5.98. The maximum Gasteiger partial charge on any atom is 0.141 e. The summed E-state index contributed by atoms with van der Waals surface area (Å²) in [5.41, 5.74) is 0.909. The van der Waals surface area contributed by atoms with E-state index in [0.717, 1.165) is 31.9 Å². The second-order valence-corrected chi connectivity index (χ2v) is 5.98. The summed E-state index contributed by atoms with van der Waals surface area (Å²) < 4.78 is 13.0. The van der Waals surface area contributed by atoms with Gasteiger partial charge in [0.1, 0.15) is 5.82 Å². The predicted molar refractivity (Wildman–Crippen MR) is 85.8 cm³/mol. The van der Waals surface area contributed by atoms with Crippen LogP contribution in [-0.4, -0.2) is 62.1 Å². The number of nitrogens with one attached hydrogen (secondary N) is 1. The highest BCUT2D eigenvalue weighted by molar-refractivity contribution is 5.11. The number of pyridine rings is 1. The SMILES string of the molecule is CCNC(c1ccc(F)cn1)C(C)CN(C)CCN(C)C. The van der Waals surface area contributed by atoms with E-state index >= 15 is 0 Å². The highest BCUT2D eigenvalue weighted by atomic mass is 19.1. The minimum atomic E-state index is -0.287. The van der Waals surface area contributed by atoms with Crippen LogP contribution in [0.5, 0.6) is 0 Å². The van der Waals surface area contributed by atoms with Crippen LogP contribution in [-0.2, 0) is 0 Å². The first-order chi connectivity index (χ1) is 9.93. The first-order valence-corrected chi connectivity index (χ1v) is 7.62. The lowest BCUT2D eigenvalue weighted by Crippen LogP contribution is -2.37. The van der Waals surface area contributed by atoms with Crippen molar-refractivity contribution >= 4 is 0 Å². The molecule has 1 N–H and O–H groups in total. The summed E-state index contributed by atoms with van der Waals surface area (Å²) >= 11 is 0. The van der Waals surface area contributed by atoms with E-state index in [1.54, 1.807) is 6.07 Å². The van der Waals surface area contributed by atoms with Gasteiger partial charge >= 0.3 is 0 Å². The monoisotopic (exact) mass is 296 g/mol. The van der Waals surface area contributed by atoms with Crippen molar-refractivity contribution in [1.29, 1.82) is 0 Å². The number of likely N-dealkylation sites (N-methyl/N-ethyl adjacent to an activating group) is 2. The van der Waals surface area contributed by atoms with E-state index in [0.29, 0.717) is 5.92 Å². The van der Waals surface area contributed by atoms with E-state index in [4.69, 9.17) is 0 Å². The van der Waals surface area contributed by atoms with Crippen molar-refractivity contribution in [3.05, 3.63) is 29.8 Å². The smallest absolute Gasteiger partial charge is 0.141 e. The molecule has 5 heteroatoms. The Hall–Kier alpha value is -1.04. The molecule has 120 valence electrons. The van der Waals surface area contributed by atoms with Gasteiger partial charge in [-0.2, -0.15) is 0 Å². The van der Waals surface area contributed by atoms with Crippen LogP contribution in [0.2, 0.25) is 0 Å². The fourth-order valence-corrected chi connectivity index (χ4v) is 2.45. The molecule has 1 heterocycles. The Balaban J connectivity index is 2.64. The van der Waals surface area contributed by atoms with Gasteiger partial charge in [0.15, 0.2) is 0 Å². The third-order valence-corrected chi connectivity index (χ3v) is 3.59. The highest BCUT2D eigenvalue weighted by Gasteiger charge is 2.21. The summed E-state index contributed by atoms with van der Waals surface area (Å²) in [7, 11) is 6.31.